The molecule has 1 aromatic carbocycles. The molecule has 0 heterocycles. The van der Waals surface area contributed by atoms with Crippen molar-refractivity contribution in [3.8, 4) is 0 Å². The van der Waals surface area contributed by atoms with Gasteiger partial charge in [0, 0.05) is 16.3 Å². The molecule has 0 bridgehead atoms. The Hall–Kier alpha value is -0.670. The number of rotatable bonds is 3. The van der Waals surface area contributed by atoms with Crippen LogP contribution in [0.2, 0.25) is 5.02 Å². The first-order valence-electron chi connectivity index (χ1n) is 3.79. The van der Waals surface area contributed by atoms with Crippen molar-refractivity contribution in [2.75, 3.05) is 0 Å². The highest BCUT2D eigenvalue weighted by atomic mass is 35.5. The molecule has 0 radical (unpaired) electrons. The monoisotopic (exact) mass is 216 g/mol. The van der Waals surface area contributed by atoms with Crippen LogP contribution in [0.5, 0.6) is 0 Å². The maximum atomic E-state index is 10.3. The van der Waals surface area contributed by atoms with Crippen molar-refractivity contribution in [2.24, 2.45) is 0 Å². The number of benzene rings is 1. The minimum Gasteiger partial charge on any atom is -0.481 e. The van der Waals surface area contributed by atoms with Gasteiger partial charge in [0.25, 0.3) is 0 Å². The topological polar surface area (TPSA) is 37.3 Å². The molecule has 1 aromatic rings. The second-order valence-corrected chi connectivity index (χ2v) is 3.59. The third-order valence-electron chi connectivity index (χ3n) is 1.66. The summed E-state index contributed by atoms with van der Waals surface area (Å²) in [6.07, 6.45) is 0.612. The standard InChI is InChI=1S/C9H9ClO2S/c10-7-3-1-6(8(13)5-7)2-4-9(11)12/h1,3,5,13H,2,4H2,(H,11,12). The molecule has 0 atom stereocenters. The summed E-state index contributed by atoms with van der Waals surface area (Å²) in [4.78, 5) is 11.0. The summed E-state index contributed by atoms with van der Waals surface area (Å²) in [5.74, 6) is -0.803. The summed E-state index contributed by atoms with van der Waals surface area (Å²) in [6, 6.07) is 5.24. The largest absolute Gasteiger partial charge is 0.481 e. The molecular weight excluding hydrogens is 208 g/mol. The van der Waals surface area contributed by atoms with Gasteiger partial charge in [-0.05, 0) is 24.1 Å². The van der Waals surface area contributed by atoms with Crippen molar-refractivity contribution in [3.63, 3.8) is 0 Å². The molecule has 2 nitrogen and oxygen atoms in total. The minimum atomic E-state index is -0.803. The Morgan fingerprint density at radius 2 is 2.23 bits per heavy atom. The van der Waals surface area contributed by atoms with Gasteiger partial charge in [-0.15, -0.1) is 12.6 Å². The fourth-order valence-corrected chi connectivity index (χ4v) is 1.56. The third kappa shape index (κ3) is 3.28. The van der Waals surface area contributed by atoms with E-state index in [1.54, 1.807) is 18.2 Å². The van der Waals surface area contributed by atoms with E-state index in [0.717, 1.165) is 10.5 Å². The van der Waals surface area contributed by atoms with Gasteiger partial charge in [0.1, 0.15) is 0 Å². The van der Waals surface area contributed by atoms with E-state index < -0.39 is 5.97 Å². The second kappa shape index (κ2) is 4.53. The Kier molecular flexibility index (Phi) is 3.63. The number of thiol groups is 1. The van der Waals surface area contributed by atoms with Crippen molar-refractivity contribution in [3.05, 3.63) is 28.8 Å². The average Bonchev–Trinajstić information content (AvgIpc) is 2.02. The van der Waals surface area contributed by atoms with Gasteiger partial charge in [-0.2, -0.15) is 0 Å². The Labute approximate surface area is 86.9 Å². The van der Waals surface area contributed by atoms with Crippen LogP contribution in [0.15, 0.2) is 23.1 Å². The zero-order valence-corrected chi connectivity index (χ0v) is 8.48. The van der Waals surface area contributed by atoms with Crippen molar-refractivity contribution in [1.29, 1.82) is 0 Å². The van der Waals surface area contributed by atoms with E-state index in [0.29, 0.717) is 11.4 Å². The summed E-state index contributed by atoms with van der Waals surface area (Å²) in [6.45, 7) is 0. The summed E-state index contributed by atoms with van der Waals surface area (Å²) in [5, 5.41) is 9.08. The SMILES string of the molecule is O=C(O)CCc1ccc(Cl)cc1S. The second-order valence-electron chi connectivity index (χ2n) is 2.67. The average molecular weight is 217 g/mol. The van der Waals surface area contributed by atoms with Crippen LogP contribution >= 0.6 is 24.2 Å². The van der Waals surface area contributed by atoms with Crippen LogP contribution in [0, 0.1) is 0 Å². The van der Waals surface area contributed by atoms with Crippen molar-refractivity contribution in [1.82, 2.24) is 0 Å². The smallest absolute Gasteiger partial charge is 0.303 e. The Morgan fingerprint density at radius 1 is 1.54 bits per heavy atom. The summed E-state index contributed by atoms with van der Waals surface area (Å²) < 4.78 is 0. The summed E-state index contributed by atoms with van der Waals surface area (Å²) in [7, 11) is 0. The van der Waals surface area contributed by atoms with Gasteiger partial charge in [0.2, 0.25) is 0 Å². The van der Waals surface area contributed by atoms with Gasteiger partial charge in [0.05, 0.1) is 0 Å². The predicted molar refractivity (Wildman–Crippen MR) is 54.7 cm³/mol. The normalized spacial score (nSPS) is 10.0. The first-order valence-corrected chi connectivity index (χ1v) is 4.61. The highest BCUT2D eigenvalue weighted by Crippen LogP contribution is 2.20. The molecule has 1 rings (SSSR count). The molecule has 0 fully saturated rings. The fraction of sp³-hybridized carbons (Fsp3) is 0.222. The number of carboxylic acids is 1. The molecule has 0 aliphatic heterocycles. The number of hydrogen-bond donors (Lipinski definition) is 2. The zero-order valence-electron chi connectivity index (χ0n) is 6.83. The van der Waals surface area contributed by atoms with Crippen molar-refractivity contribution < 1.29 is 9.90 Å². The van der Waals surface area contributed by atoms with Crippen LogP contribution in [0.1, 0.15) is 12.0 Å². The number of aryl methyl sites for hydroxylation is 1. The first kappa shape index (κ1) is 10.4. The van der Waals surface area contributed by atoms with Crippen LogP contribution in [-0.2, 0) is 11.2 Å². The summed E-state index contributed by atoms with van der Waals surface area (Å²) >= 11 is 9.91. The Balaban J connectivity index is 2.72. The Bertz CT molecular complexity index is 325. The maximum absolute atomic E-state index is 10.3. The molecule has 0 saturated heterocycles. The zero-order chi connectivity index (χ0) is 9.84. The highest BCUT2D eigenvalue weighted by Gasteiger charge is 2.02. The quantitative estimate of drug-likeness (QED) is 0.763. The van der Waals surface area contributed by atoms with Gasteiger partial charge in [-0.25, -0.2) is 0 Å². The summed E-state index contributed by atoms with van der Waals surface area (Å²) in [5.41, 5.74) is 0.912. The predicted octanol–water partition coefficient (Wildman–Crippen LogP) is 2.65. The van der Waals surface area contributed by atoms with Gasteiger partial charge in [-0.3, -0.25) is 4.79 Å². The van der Waals surface area contributed by atoms with Crippen molar-refractivity contribution >= 4 is 30.2 Å². The van der Waals surface area contributed by atoms with E-state index in [1.165, 1.54) is 0 Å². The molecule has 13 heavy (non-hydrogen) atoms. The molecule has 70 valence electrons. The van der Waals surface area contributed by atoms with E-state index in [9.17, 15) is 4.79 Å². The molecule has 0 amide bonds. The molecule has 0 spiro atoms. The third-order valence-corrected chi connectivity index (χ3v) is 2.31. The van der Waals surface area contributed by atoms with E-state index in [4.69, 9.17) is 16.7 Å². The molecular formula is C9H9ClO2S. The molecule has 4 heteroatoms. The lowest BCUT2D eigenvalue weighted by atomic mass is 10.1. The van der Waals surface area contributed by atoms with Crippen molar-refractivity contribution in [2.45, 2.75) is 17.7 Å². The highest BCUT2D eigenvalue weighted by molar-refractivity contribution is 7.80. The number of carboxylic acid groups (broad SMARTS) is 1. The number of halogens is 1. The molecule has 0 aliphatic carbocycles. The number of hydrogen-bond acceptors (Lipinski definition) is 2. The lowest BCUT2D eigenvalue weighted by molar-refractivity contribution is -0.136. The van der Waals surface area contributed by atoms with E-state index >= 15 is 0 Å². The molecule has 0 saturated carbocycles. The van der Waals surface area contributed by atoms with Gasteiger partial charge in [0.15, 0.2) is 0 Å². The fourth-order valence-electron chi connectivity index (χ4n) is 0.990. The van der Waals surface area contributed by atoms with Crippen LogP contribution in [0.3, 0.4) is 0 Å². The molecule has 0 unspecified atom stereocenters. The number of carbonyl (C=O) groups is 1. The molecule has 0 aliphatic rings. The number of aliphatic carboxylic acids is 1. The van der Waals surface area contributed by atoms with Crippen LogP contribution in [-0.4, -0.2) is 11.1 Å². The first-order chi connectivity index (χ1) is 6.09. The lowest BCUT2D eigenvalue weighted by Crippen LogP contribution is -1.97. The minimum absolute atomic E-state index is 0.120. The Morgan fingerprint density at radius 3 is 2.77 bits per heavy atom. The van der Waals surface area contributed by atoms with Gasteiger partial charge >= 0.3 is 5.97 Å². The maximum Gasteiger partial charge on any atom is 0.303 e. The van der Waals surface area contributed by atoms with E-state index in [1.807, 2.05) is 0 Å². The van der Waals surface area contributed by atoms with E-state index in [-0.39, 0.29) is 6.42 Å². The van der Waals surface area contributed by atoms with E-state index in [2.05, 4.69) is 12.6 Å². The molecule has 0 aromatic heterocycles. The van der Waals surface area contributed by atoms with Crippen LogP contribution in [0.4, 0.5) is 0 Å². The van der Waals surface area contributed by atoms with Crippen LogP contribution in [0.25, 0.3) is 0 Å². The van der Waals surface area contributed by atoms with Crippen LogP contribution < -0.4 is 0 Å². The lowest BCUT2D eigenvalue weighted by Gasteiger charge is -2.02. The molecule has 1 N–H and O–H groups in total. The van der Waals surface area contributed by atoms with Gasteiger partial charge < -0.3 is 5.11 Å². The van der Waals surface area contributed by atoms with Gasteiger partial charge in [-0.1, -0.05) is 17.7 Å².